The zero-order valence-corrected chi connectivity index (χ0v) is 11.5. The smallest absolute Gasteiger partial charge is 0.299 e. The van der Waals surface area contributed by atoms with Crippen LogP contribution in [-0.2, 0) is 17.9 Å². The highest BCUT2D eigenvalue weighted by atomic mass is 19.1. The Bertz CT molecular complexity index is 723. The second kappa shape index (κ2) is 5.12. The van der Waals surface area contributed by atoms with Crippen molar-refractivity contribution in [2.24, 2.45) is 0 Å². The van der Waals surface area contributed by atoms with E-state index < -0.39 is 17.5 Å². The monoisotopic (exact) mass is 287 g/mol. The lowest BCUT2D eigenvalue weighted by Gasteiger charge is -2.17. The van der Waals surface area contributed by atoms with Crippen LogP contribution in [0.4, 0.5) is 10.1 Å². The normalized spacial score (nSPS) is 13.9. The van der Waals surface area contributed by atoms with Gasteiger partial charge in [0.15, 0.2) is 0 Å². The fraction of sp³-hybridized carbons (Fsp3) is 0.267. The number of ketones is 1. The Hall–Kier alpha value is -2.50. The molecule has 6 heteroatoms. The number of carbonyl (C=O) groups is 2. The maximum absolute atomic E-state index is 13.2. The SMILES string of the molecule is CCCn1cncc1CN1C(=O)C(=O)c2cc(F)ccc21. The number of hydrogen-bond acceptors (Lipinski definition) is 3. The first-order valence-corrected chi connectivity index (χ1v) is 6.76. The van der Waals surface area contributed by atoms with Crippen LogP contribution in [0, 0.1) is 5.82 Å². The minimum Gasteiger partial charge on any atom is -0.333 e. The molecule has 1 aromatic carbocycles. The Kier molecular flexibility index (Phi) is 3.29. The van der Waals surface area contributed by atoms with E-state index in [2.05, 4.69) is 4.98 Å². The van der Waals surface area contributed by atoms with Gasteiger partial charge in [-0.3, -0.25) is 14.5 Å². The number of rotatable bonds is 4. The van der Waals surface area contributed by atoms with Gasteiger partial charge in [-0.2, -0.15) is 0 Å². The van der Waals surface area contributed by atoms with Gasteiger partial charge in [0, 0.05) is 12.7 Å². The van der Waals surface area contributed by atoms with Crippen LogP contribution in [0.3, 0.4) is 0 Å². The molecule has 0 unspecified atom stereocenters. The van der Waals surface area contributed by atoms with Crippen LogP contribution in [-0.4, -0.2) is 21.2 Å². The van der Waals surface area contributed by atoms with E-state index in [9.17, 15) is 14.0 Å². The lowest BCUT2D eigenvalue weighted by atomic mass is 10.1. The molecule has 0 spiro atoms. The standard InChI is InChI=1S/C15H14FN3O2/c1-2-5-18-9-17-7-11(18)8-19-13-4-3-10(16)6-12(13)14(20)15(19)21/h3-4,6-7,9H,2,5,8H2,1H3. The van der Waals surface area contributed by atoms with Crippen LogP contribution in [0.2, 0.25) is 0 Å². The first kappa shape index (κ1) is 13.5. The Morgan fingerprint density at radius 3 is 2.86 bits per heavy atom. The van der Waals surface area contributed by atoms with E-state index in [0.717, 1.165) is 24.7 Å². The zero-order valence-electron chi connectivity index (χ0n) is 11.5. The number of benzene rings is 1. The van der Waals surface area contributed by atoms with Gasteiger partial charge in [0.05, 0.1) is 29.8 Å². The molecule has 0 aliphatic carbocycles. The summed E-state index contributed by atoms with van der Waals surface area (Å²) in [7, 11) is 0. The molecule has 0 saturated carbocycles. The lowest BCUT2D eigenvalue weighted by Crippen LogP contribution is -2.30. The van der Waals surface area contributed by atoms with Gasteiger partial charge in [0.1, 0.15) is 5.82 Å². The summed E-state index contributed by atoms with van der Waals surface area (Å²) < 4.78 is 15.2. The third-order valence-corrected chi connectivity index (χ3v) is 3.52. The van der Waals surface area contributed by atoms with E-state index >= 15 is 0 Å². The van der Waals surface area contributed by atoms with Gasteiger partial charge >= 0.3 is 0 Å². The zero-order chi connectivity index (χ0) is 15.0. The maximum Gasteiger partial charge on any atom is 0.299 e. The van der Waals surface area contributed by atoms with Gasteiger partial charge in [-0.05, 0) is 24.6 Å². The molecule has 0 fully saturated rings. The van der Waals surface area contributed by atoms with Crippen molar-refractivity contribution in [3.05, 3.63) is 47.8 Å². The first-order valence-electron chi connectivity index (χ1n) is 6.76. The van der Waals surface area contributed by atoms with E-state index in [-0.39, 0.29) is 12.1 Å². The van der Waals surface area contributed by atoms with Crippen LogP contribution in [0.25, 0.3) is 0 Å². The topological polar surface area (TPSA) is 55.2 Å². The summed E-state index contributed by atoms with van der Waals surface area (Å²) in [6.45, 7) is 3.09. The summed E-state index contributed by atoms with van der Waals surface area (Å²) in [4.78, 5) is 29.5. The summed E-state index contributed by atoms with van der Waals surface area (Å²) in [6.07, 6.45) is 4.32. The van der Waals surface area contributed by atoms with E-state index in [1.54, 1.807) is 12.5 Å². The quantitative estimate of drug-likeness (QED) is 0.810. The number of amides is 1. The Balaban J connectivity index is 1.95. The molecule has 0 bridgehead atoms. The molecule has 108 valence electrons. The van der Waals surface area contributed by atoms with Crippen LogP contribution in [0.1, 0.15) is 29.4 Å². The summed E-state index contributed by atoms with van der Waals surface area (Å²) in [5.74, 6) is -1.81. The number of Topliss-reactive ketones (excluding diaryl/α,β-unsaturated/α-hetero) is 1. The van der Waals surface area contributed by atoms with E-state index in [1.807, 2.05) is 11.5 Å². The number of anilines is 1. The predicted molar refractivity (Wildman–Crippen MR) is 74.4 cm³/mol. The number of aryl methyl sites for hydroxylation is 1. The summed E-state index contributed by atoms with van der Waals surface area (Å²) in [6, 6.07) is 3.83. The number of carbonyl (C=O) groups excluding carboxylic acids is 2. The molecule has 5 nitrogen and oxygen atoms in total. The van der Waals surface area contributed by atoms with Gasteiger partial charge in [0.2, 0.25) is 0 Å². The second-order valence-corrected chi connectivity index (χ2v) is 4.96. The van der Waals surface area contributed by atoms with Gasteiger partial charge in [-0.25, -0.2) is 9.37 Å². The van der Waals surface area contributed by atoms with Crippen molar-refractivity contribution in [3.8, 4) is 0 Å². The van der Waals surface area contributed by atoms with Gasteiger partial charge in [-0.1, -0.05) is 6.92 Å². The summed E-state index contributed by atoms with van der Waals surface area (Å²) in [5.41, 5.74) is 1.42. The molecular formula is C15H14FN3O2. The van der Waals surface area contributed by atoms with Crippen molar-refractivity contribution in [2.75, 3.05) is 4.90 Å². The van der Waals surface area contributed by atoms with Crippen LogP contribution in [0.5, 0.6) is 0 Å². The fourth-order valence-electron chi connectivity index (χ4n) is 2.51. The predicted octanol–water partition coefficient (Wildman–Crippen LogP) is 2.16. The summed E-state index contributed by atoms with van der Waals surface area (Å²) >= 11 is 0. The first-order chi connectivity index (χ1) is 10.1. The fourth-order valence-corrected chi connectivity index (χ4v) is 2.51. The molecule has 0 N–H and O–H groups in total. The second-order valence-electron chi connectivity index (χ2n) is 4.96. The summed E-state index contributed by atoms with van der Waals surface area (Å²) in [5, 5.41) is 0. The molecule has 0 saturated heterocycles. The average Bonchev–Trinajstić information content (AvgIpc) is 2.99. The molecule has 0 atom stereocenters. The van der Waals surface area contributed by atoms with Gasteiger partial charge in [-0.15, -0.1) is 0 Å². The minimum atomic E-state index is -0.661. The van der Waals surface area contributed by atoms with Crippen LogP contribution < -0.4 is 4.90 Å². The van der Waals surface area contributed by atoms with Crippen molar-refractivity contribution in [2.45, 2.75) is 26.4 Å². The lowest BCUT2D eigenvalue weighted by molar-refractivity contribution is -0.114. The van der Waals surface area contributed by atoms with Gasteiger partial charge < -0.3 is 4.57 Å². The molecule has 1 aromatic heterocycles. The minimum absolute atomic E-state index is 0.126. The van der Waals surface area contributed by atoms with Crippen LogP contribution >= 0.6 is 0 Å². The van der Waals surface area contributed by atoms with E-state index in [4.69, 9.17) is 0 Å². The van der Waals surface area contributed by atoms with Gasteiger partial charge in [0.25, 0.3) is 11.7 Å². The van der Waals surface area contributed by atoms with E-state index in [0.29, 0.717) is 5.69 Å². The Morgan fingerprint density at radius 1 is 1.29 bits per heavy atom. The molecule has 3 rings (SSSR count). The van der Waals surface area contributed by atoms with Crippen molar-refractivity contribution in [1.29, 1.82) is 0 Å². The number of halogens is 1. The highest BCUT2D eigenvalue weighted by Crippen LogP contribution is 2.30. The van der Waals surface area contributed by atoms with Crippen molar-refractivity contribution < 1.29 is 14.0 Å². The molecule has 2 aromatic rings. The highest BCUT2D eigenvalue weighted by Gasteiger charge is 2.36. The third-order valence-electron chi connectivity index (χ3n) is 3.52. The van der Waals surface area contributed by atoms with E-state index in [1.165, 1.54) is 17.0 Å². The highest BCUT2D eigenvalue weighted by molar-refractivity contribution is 6.52. The third kappa shape index (κ3) is 2.22. The molecule has 1 aliphatic heterocycles. The number of fused-ring (bicyclic) bond motifs is 1. The van der Waals surface area contributed by atoms with Crippen molar-refractivity contribution in [1.82, 2.24) is 9.55 Å². The molecule has 0 radical (unpaired) electrons. The number of imidazole rings is 1. The Morgan fingerprint density at radius 2 is 2.10 bits per heavy atom. The Labute approximate surface area is 121 Å². The maximum atomic E-state index is 13.2. The molecular weight excluding hydrogens is 273 g/mol. The van der Waals surface area contributed by atoms with Crippen LogP contribution in [0.15, 0.2) is 30.7 Å². The number of aromatic nitrogens is 2. The molecule has 2 heterocycles. The molecule has 21 heavy (non-hydrogen) atoms. The number of hydrogen-bond donors (Lipinski definition) is 0. The largest absolute Gasteiger partial charge is 0.333 e. The molecule has 1 amide bonds. The average molecular weight is 287 g/mol. The number of nitrogens with zero attached hydrogens (tertiary/aromatic N) is 3. The molecule has 1 aliphatic rings. The van der Waals surface area contributed by atoms with Crippen molar-refractivity contribution in [3.63, 3.8) is 0 Å². The van der Waals surface area contributed by atoms with Crippen molar-refractivity contribution >= 4 is 17.4 Å².